The van der Waals surface area contributed by atoms with Gasteiger partial charge in [-0.3, -0.25) is 4.79 Å². The van der Waals surface area contributed by atoms with E-state index in [4.69, 9.17) is 9.47 Å². The summed E-state index contributed by atoms with van der Waals surface area (Å²) in [6.07, 6.45) is 14.8. The first-order valence-electron chi connectivity index (χ1n) is 12.5. The van der Waals surface area contributed by atoms with E-state index in [1.165, 1.54) is 37.0 Å². The summed E-state index contributed by atoms with van der Waals surface area (Å²) in [4.78, 5) is 37.2. The van der Waals surface area contributed by atoms with E-state index in [0.717, 1.165) is 29.0 Å². The molecule has 188 valence electrons. The predicted octanol–water partition coefficient (Wildman–Crippen LogP) is 3.64. The second kappa shape index (κ2) is 10.1. The molecule has 4 heterocycles. The third-order valence-corrected chi connectivity index (χ3v) is 8.19. The van der Waals surface area contributed by atoms with Crippen molar-refractivity contribution in [2.24, 2.45) is 5.41 Å². The standard InChI is InChI=1S/C25H29N7O3S/c33-21(32-9-11-34-12-10-32)13-17-14-27-22(28-15-17)31-24-29-16-20(36-24)19-3-8-26-23(30-19)35-18-1-4-25(5-2-18)6-7-25/h3,8,14-16,18H,1-2,4-7,9-13H2,(H,27,28,29,31). The zero-order chi connectivity index (χ0) is 24.4. The Bertz CT molecular complexity index is 1200. The summed E-state index contributed by atoms with van der Waals surface area (Å²) in [6, 6.07) is 2.29. The van der Waals surface area contributed by atoms with E-state index in [2.05, 4.69) is 30.2 Å². The van der Waals surface area contributed by atoms with Crippen LogP contribution in [0.5, 0.6) is 6.01 Å². The summed E-state index contributed by atoms with van der Waals surface area (Å²) in [5, 5.41) is 3.79. The number of thiazole rings is 1. The molecule has 1 N–H and O–H groups in total. The molecule has 3 aromatic heterocycles. The molecule has 2 aliphatic carbocycles. The molecule has 6 rings (SSSR count). The van der Waals surface area contributed by atoms with Crippen LogP contribution in [0.1, 0.15) is 44.1 Å². The number of morpholine rings is 1. The highest BCUT2D eigenvalue weighted by atomic mass is 32.1. The van der Waals surface area contributed by atoms with Crippen molar-refractivity contribution >= 4 is 28.3 Å². The number of nitrogens with one attached hydrogen (secondary N) is 1. The summed E-state index contributed by atoms with van der Waals surface area (Å²) in [5.74, 6) is 0.492. The van der Waals surface area contributed by atoms with Gasteiger partial charge in [0, 0.05) is 37.9 Å². The minimum absolute atomic E-state index is 0.0655. The minimum atomic E-state index is 0.0655. The fourth-order valence-electron chi connectivity index (χ4n) is 4.84. The number of hydrogen-bond donors (Lipinski definition) is 1. The first-order valence-corrected chi connectivity index (χ1v) is 13.4. The second-order valence-electron chi connectivity index (χ2n) is 9.78. The van der Waals surface area contributed by atoms with Crippen molar-refractivity contribution in [2.45, 2.75) is 51.0 Å². The molecule has 3 aliphatic rings. The Hall–Kier alpha value is -3.18. The molecule has 1 amide bonds. The Morgan fingerprint density at radius 1 is 1.08 bits per heavy atom. The highest BCUT2D eigenvalue weighted by molar-refractivity contribution is 7.18. The molecule has 0 radical (unpaired) electrons. The lowest BCUT2D eigenvalue weighted by Gasteiger charge is -2.28. The lowest BCUT2D eigenvalue weighted by molar-refractivity contribution is -0.134. The Kier molecular flexibility index (Phi) is 6.49. The van der Waals surface area contributed by atoms with E-state index in [1.807, 2.05) is 11.0 Å². The summed E-state index contributed by atoms with van der Waals surface area (Å²) >= 11 is 1.46. The van der Waals surface area contributed by atoms with Gasteiger partial charge in [0.05, 0.1) is 30.2 Å². The SMILES string of the molecule is O=C(Cc1cnc(Nc2ncc(-c3ccnc(OC4CCC5(CC4)CC5)n3)s2)nc1)N1CCOCC1. The number of amides is 1. The number of ether oxygens (including phenoxy) is 2. The van der Waals surface area contributed by atoms with Gasteiger partial charge in [0.15, 0.2) is 5.13 Å². The van der Waals surface area contributed by atoms with Crippen LogP contribution in [0.15, 0.2) is 30.9 Å². The zero-order valence-corrected chi connectivity index (χ0v) is 20.9. The van der Waals surface area contributed by atoms with Crippen molar-refractivity contribution in [1.29, 1.82) is 0 Å². The molecule has 0 aromatic carbocycles. The van der Waals surface area contributed by atoms with Crippen molar-refractivity contribution < 1.29 is 14.3 Å². The van der Waals surface area contributed by atoms with Crippen LogP contribution in [-0.2, 0) is 16.0 Å². The number of aromatic nitrogens is 5. The Morgan fingerprint density at radius 3 is 2.61 bits per heavy atom. The predicted molar refractivity (Wildman–Crippen MR) is 134 cm³/mol. The van der Waals surface area contributed by atoms with Gasteiger partial charge in [-0.1, -0.05) is 11.3 Å². The molecule has 11 heteroatoms. The second-order valence-corrected chi connectivity index (χ2v) is 10.8. The van der Waals surface area contributed by atoms with Crippen LogP contribution < -0.4 is 10.1 Å². The van der Waals surface area contributed by atoms with Crippen molar-refractivity contribution in [1.82, 2.24) is 29.8 Å². The number of carbonyl (C=O) groups excluding carboxylic acids is 1. The van der Waals surface area contributed by atoms with E-state index in [9.17, 15) is 4.79 Å². The Balaban J connectivity index is 1.04. The molecule has 36 heavy (non-hydrogen) atoms. The van der Waals surface area contributed by atoms with E-state index in [1.54, 1.807) is 24.8 Å². The maximum Gasteiger partial charge on any atom is 0.317 e. The number of nitrogens with zero attached hydrogens (tertiary/aromatic N) is 6. The topological polar surface area (TPSA) is 115 Å². The van der Waals surface area contributed by atoms with Crippen molar-refractivity contribution in [3.8, 4) is 16.6 Å². The van der Waals surface area contributed by atoms with Gasteiger partial charge < -0.3 is 19.7 Å². The van der Waals surface area contributed by atoms with Crippen LogP contribution in [0.4, 0.5) is 11.1 Å². The molecule has 1 aliphatic heterocycles. The normalized spacial score (nSPS) is 19.3. The van der Waals surface area contributed by atoms with E-state index in [-0.39, 0.29) is 18.4 Å². The van der Waals surface area contributed by atoms with Crippen LogP contribution in [0.25, 0.3) is 10.6 Å². The molecule has 0 bridgehead atoms. The lowest BCUT2D eigenvalue weighted by Crippen LogP contribution is -2.41. The number of hydrogen-bond acceptors (Lipinski definition) is 10. The molecule has 3 aromatic rings. The number of carbonyl (C=O) groups is 1. The van der Waals surface area contributed by atoms with Crippen LogP contribution in [0, 0.1) is 5.41 Å². The molecule has 1 saturated heterocycles. The van der Waals surface area contributed by atoms with Crippen LogP contribution in [0.2, 0.25) is 0 Å². The Morgan fingerprint density at radius 2 is 1.86 bits per heavy atom. The van der Waals surface area contributed by atoms with Gasteiger partial charge in [-0.15, -0.1) is 0 Å². The van der Waals surface area contributed by atoms with Gasteiger partial charge in [-0.05, 0) is 55.6 Å². The fourth-order valence-corrected chi connectivity index (χ4v) is 5.62. The number of rotatable bonds is 7. The smallest absolute Gasteiger partial charge is 0.317 e. The molecule has 3 fully saturated rings. The Labute approximate surface area is 213 Å². The highest BCUT2D eigenvalue weighted by Crippen LogP contribution is 2.56. The molecular weight excluding hydrogens is 478 g/mol. The first-order chi connectivity index (χ1) is 17.6. The number of anilines is 2. The monoisotopic (exact) mass is 507 g/mol. The molecule has 1 spiro atoms. The summed E-state index contributed by atoms with van der Waals surface area (Å²) in [6.45, 7) is 2.44. The van der Waals surface area contributed by atoms with E-state index < -0.39 is 0 Å². The van der Waals surface area contributed by atoms with Gasteiger partial charge in [-0.25, -0.2) is 19.9 Å². The van der Waals surface area contributed by atoms with Gasteiger partial charge in [0.25, 0.3) is 0 Å². The quantitative estimate of drug-likeness (QED) is 0.512. The van der Waals surface area contributed by atoms with Crippen molar-refractivity contribution in [2.75, 3.05) is 31.6 Å². The molecule has 0 atom stereocenters. The molecule has 10 nitrogen and oxygen atoms in total. The average Bonchev–Trinajstić information content (AvgIpc) is 3.51. The summed E-state index contributed by atoms with van der Waals surface area (Å²) < 4.78 is 11.4. The third-order valence-electron chi connectivity index (χ3n) is 7.26. The van der Waals surface area contributed by atoms with Crippen LogP contribution >= 0.6 is 11.3 Å². The van der Waals surface area contributed by atoms with Crippen LogP contribution in [-0.4, -0.2) is 68.1 Å². The van der Waals surface area contributed by atoms with Gasteiger partial charge >= 0.3 is 6.01 Å². The highest BCUT2D eigenvalue weighted by Gasteiger charge is 2.45. The lowest BCUT2D eigenvalue weighted by atomic mass is 9.85. The van der Waals surface area contributed by atoms with Gasteiger partial charge in [-0.2, -0.15) is 4.98 Å². The largest absolute Gasteiger partial charge is 0.460 e. The van der Waals surface area contributed by atoms with E-state index >= 15 is 0 Å². The zero-order valence-electron chi connectivity index (χ0n) is 20.1. The van der Waals surface area contributed by atoms with Crippen molar-refractivity contribution in [3.63, 3.8) is 0 Å². The summed E-state index contributed by atoms with van der Waals surface area (Å²) in [7, 11) is 0. The van der Waals surface area contributed by atoms with Crippen LogP contribution in [0.3, 0.4) is 0 Å². The van der Waals surface area contributed by atoms with Gasteiger partial charge in [0.1, 0.15) is 6.10 Å². The maximum atomic E-state index is 12.4. The van der Waals surface area contributed by atoms with Gasteiger partial charge in [0.2, 0.25) is 11.9 Å². The fraction of sp³-hybridized carbons (Fsp3) is 0.520. The molecule has 0 unspecified atom stereocenters. The minimum Gasteiger partial charge on any atom is -0.460 e. The maximum absolute atomic E-state index is 12.4. The average molecular weight is 508 g/mol. The first kappa shape index (κ1) is 23.2. The van der Waals surface area contributed by atoms with E-state index in [0.29, 0.717) is 48.8 Å². The van der Waals surface area contributed by atoms with Crippen molar-refractivity contribution in [3.05, 3.63) is 36.4 Å². The third kappa shape index (κ3) is 5.46. The summed E-state index contributed by atoms with van der Waals surface area (Å²) in [5.41, 5.74) is 2.19. The molecular formula is C25H29N7O3S. The molecule has 2 saturated carbocycles.